The summed E-state index contributed by atoms with van der Waals surface area (Å²) in [6.45, 7) is 4.24. The highest BCUT2D eigenvalue weighted by atomic mass is 19.2. The molecule has 0 bridgehead atoms. The highest BCUT2D eigenvalue weighted by molar-refractivity contribution is 5.77. The molecule has 2 aromatic rings. The van der Waals surface area contributed by atoms with Crippen LogP contribution < -0.4 is 0 Å². The summed E-state index contributed by atoms with van der Waals surface area (Å²) < 4.78 is 28.8. The molecule has 0 amide bonds. The van der Waals surface area contributed by atoms with Gasteiger partial charge in [0.15, 0.2) is 11.6 Å². The summed E-state index contributed by atoms with van der Waals surface area (Å²) in [6, 6.07) is 1.61. The molecule has 4 heteroatoms. The smallest absolute Gasteiger partial charge is 0.184 e. The fourth-order valence-electron chi connectivity index (χ4n) is 1.71. The lowest BCUT2D eigenvalue weighted by atomic mass is 10.1. The minimum Gasteiger partial charge on any atom is -0.328 e. The van der Waals surface area contributed by atoms with Gasteiger partial charge in [0.05, 0.1) is 11.8 Å². The molecule has 80 valence electrons. The van der Waals surface area contributed by atoms with E-state index in [2.05, 4.69) is 4.98 Å². The average molecular weight is 210 g/mol. The van der Waals surface area contributed by atoms with E-state index in [9.17, 15) is 8.78 Å². The number of rotatable bonds is 2. The zero-order valence-corrected chi connectivity index (χ0v) is 8.72. The van der Waals surface area contributed by atoms with Crippen molar-refractivity contribution in [3.05, 3.63) is 29.6 Å². The maximum Gasteiger partial charge on any atom is 0.184 e. The van der Waals surface area contributed by atoms with E-state index in [1.54, 1.807) is 17.6 Å². The molecule has 0 unspecified atom stereocenters. The second kappa shape index (κ2) is 3.61. The van der Waals surface area contributed by atoms with E-state index in [1.165, 1.54) is 6.33 Å². The molecule has 0 radical (unpaired) electrons. The summed E-state index contributed by atoms with van der Waals surface area (Å²) >= 11 is 0. The number of nitrogens with zero attached hydrogens (tertiary/aromatic N) is 2. The predicted octanol–water partition coefficient (Wildman–Crippen LogP) is 2.90. The van der Waals surface area contributed by atoms with Crippen LogP contribution in [0, 0.1) is 11.6 Å². The van der Waals surface area contributed by atoms with Crippen molar-refractivity contribution in [1.82, 2.24) is 9.55 Å². The molecule has 0 aliphatic rings. The van der Waals surface area contributed by atoms with E-state index >= 15 is 0 Å². The zero-order chi connectivity index (χ0) is 11.0. The minimum absolute atomic E-state index is 0.257. The normalized spacial score (nSPS) is 11.2. The Labute approximate surface area is 86.5 Å². The van der Waals surface area contributed by atoms with Gasteiger partial charge in [-0.3, -0.25) is 0 Å². The first-order valence-electron chi connectivity index (χ1n) is 5.00. The van der Waals surface area contributed by atoms with E-state index in [1.807, 2.05) is 6.92 Å². The third-order valence-electron chi connectivity index (χ3n) is 2.58. The number of hydrogen-bond acceptors (Lipinski definition) is 1. The molecular weight excluding hydrogens is 198 g/mol. The second-order valence-corrected chi connectivity index (χ2v) is 3.42. The highest BCUT2D eigenvalue weighted by Crippen LogP contribution is 2.23. The van der Waals surface area contributed by atoms with Gasteiger partial charge < -0.3 is 4.57 Å². The fraction of sp³-hybridized carbons (Fsp3) is 0.364. The average Bonchev–Trinajstić information content (AvgIpc) is 2.66. The molecule has 1 aromatic heterocycles. The van der Waals surface area contributed by atoms with Crippen LogP contribution in [-0.4, -0.2) is 9.55 Å². The summed E-state index contributed by atoms with van der Waals surface area (Å²) in [7, 11) is 0. The van der Waals surface area contributed by atoms with Crippen LogP contribution in [0.2, 0.25) is 0 Å². The molecule has 0 N–H and O–H groups in total. The molecule has 0 fully saturated rings. The number of fused-ring (bicyclic) bond motifs is 1. The highest BCUT2D eigenvalue weighted by Gasteiger charge is 2.15. The molecule has 0 saturated carbocycles. The van der Waals surface area contributed by atoms with Gasteiger partial charge in [-0.15, -0.1) is 0 Å². The van der Waals surface area contributed by atoms with Crippen LogP contribution in [0.1, 0.15) is 19.4 Å². The van der Waals surface area contributed by atoms with E-state index in [0.29, 0.717) is 24.0 Å². The van der Waals surface area contributed by atoms with Crippen molar-refractivity contribution in [1.29, 1.82) is 0 Å². The number of hydrogen-bond donors (Lipinski definition) is 0. The molecule has 0 atom stereocenters. The molecule has 1 heterocycles. The van der Waals surface area contributed by atoms with E-state index in [0.717, 1.165) is 0 Å². The van der Waals surface area contributed by atoms with Gasteiger partial charge in [-0.05, 0) is 25.0 Å². The van der Waals surface area contributed by atoms with Crippen molar-refractivity contribution in [3.8, 4) is 0 Å². The Morgan fingerprint density at radius 1 is 1.27 bits per heavy atom. The summed E-state index contributed by atoms with van der Waals surface area (Å²) in [4.78, 5) is 4.06. The first kappa shape index (κ1) is 10.1. The Hall–Kier alpha value is -1.45. The van der Waals surface area contributed by atoms with Crippen LogP contribution in [0.15, 0.2) is 12.4 Å². The number of benzene rings is 1. The number of aryl methyl sites for hydroxylation is 2. The lowest BCUT2D eigenvalue weighted by molar-refractivity contribution is 0.503. The summed E-state index contributed by atoms with van der Waals surface area (Å²) in [6.07, 6.45) is 2.00. The Morgan fingerprint density at radius 2 is 2.00 bits per heavy atom. The van der Waals surface area contributed by atoms with E-state index in [-0.39, 0.29) is 5.52 Å². The SMILES string of the molecule is CCc1cc2ncn(CC)c2c(F)c1F. The minimum atomic E-state index is -0.788. The third-order valence-corrected chi connectivity index (χ3v) is 2.58. The Bertz CT molecular complexity index is 503. The maximum atomic E-state index is 13.7. The lowest BCUT2D eigenvalue weighted by Gasteiger charge is -2.04. The van der Waals surface area contributed by atoms with Gasteiger partial charge in [-0.1, -0.05) is 6.92 Å². The van der Waals surface area contributed by atoms with Crippen LogP contribution in [-0.2, 0) is 13.0 Å². The first-order chi connectivity index (χ1) is 7.19. The topological polar surface area (TPSA) is 17.8 Å². The Balaban J connectivity index is 2.81. The van der Waals surface area contributed by atoms with Gasteiger partial charge in [-0.2, -0.15) is 0 Å². The molecule has 2 nitrogen and oxygen atoms in total. The van der Waals surface area contributed by atoms with Gasteiger partial charge in [0.2, 0.25) is 0 Å². The van der Waals surface area contributed by atoms with Crippen molar-refractivity contribution >= 4 is 11.0 Å². The monoisotopic (exact) mass is 210 g/mol. The molecular formula is C11H12F2N2. The van der Waals surface area contributed by atoms with E-state index in [4.69, 9.17) is 0 Å². The molecule has 1 aromatic carbocycles. The van der Waals surface area contributed by atoms with Gasteiger partial charge in [-0.25, -0.2) is 13.8 Å². The molecule has 15 heavy (non-hydrogen) atoms. The fourth-order valence-corrected chi connectivity index (χ4v) is 1.71. The van der Waals surface area contributed by atoms with Crippen LogP contribution in [0.4, 0.5) is 8.78 Å². The van der Waals surface area contributed by atoms with Crippen molar-refractivity contribution in [3.63, 3.8) is 0 Å². The number of aromatic nitrogens is 2. The van der Waals surface area contributed by atoms with Crippen molar-refractivity contribution in [2.75, 3.05) is 0 Å². The van der Waals surface area contributed by atoms with Crippen LogP contribution in [0.3, 0.4) is 0 Å². The maximum absolute atomic E-state index is 13.7. The van der Waals surface area contributed by atoms with Crippen molar-refractivity contribution in [2.24, 2.45) is 0 Å². The number of imidazole rings is 1. The first-order valence-corrected chi connectivity index (χ1v) is 5.00. The largest absolute Gasteiger partial charge is 0.328 e. The standard InChI is InChI=1S/C11H12F2N2/c1-3-7-5-8-11(10(13)9(7)12)15(4-2)6-14-8/h5-6H,3-4H2,1-2H3. The lowest BCUT2D eigenvalue weighted by Crippen LogP contribution is -1.99. The van der Waals surface area contributed by atoms with Gasteiger partial charge in [0.25, 0.3) is 0 Å². The molecule has 0 spiro atoms. The summed E-state index contributed by atoms with van der Waals surface area (Å²) in [5, 5.41) is 0. The summed E-state index contributed by atoms with van der Waals surface area (Å²) in [5.74, 6) is -1.54. The Kier molecular flexibility index (Phi) is 2.42. The van der Waals surface area contributed by atoms with E-state index < -0.39 is 11.6 Å². The quantitative estimate of drug-likeness (QED) is 0.745. The molecule has 2 rings (SSSR count). The van der Waals surface area contributed by atoms with Crippen molar-refractivity contribution < 1.29 is 8.78 Å². The number of halogens is 2. The zero-order valence-electron chi connectivity index (χ0n) is 8.72. The second-order valence-electron chi connectivity index (χ2n) is 3.42. The van der Waals surface area contributed by atoms with Gasteiger partial charge in [0, 0.05) is 6.54 Å². The van der Waals surface area contributed by atoms with Gasteiger partial charge in [0.1, 0.15) is 5.52 Å². The van der Waals surface area contributed by atoms with Crippen molar-refractivity contribution in [2.45, 2.75) is 26.8 Å². The van der Waals surface area contributed by atoms with Crippen LogP contribution >= 0.6 is 0 Å². The molecule has 0 aliphatic heterocycles. The molecule has 0 saturated heterocycles. The summed E-state index contributed by atoms with van der Waals surface area (Å²) in [5.41, 5.74) is 1.15. The third kappa shape index (κ3) is 1.40. The van der Waals surface area contributed by atoms with Crippen LogP contribution in [0.25, 0.3) is 11.0 Å². The van der Waals surface area contributed by atoms with Crippen LogP contribution in [0.5, 0.6) is 0 Å². The molecule has 0 aliphatic carbocycles. The Morgan fingerprint density at radius 3 is 2.60 bits per heavy atom. The van der Waals surface area contributed by atoms with Gasteiger partial charge >= 0.3 is 0 Å². The predicted molar refractivity (Wildman–Crippen MR) is 54.7 cm³/mol.